The summed E-state index contributed by atoms with van der Waals surface area (Å²) in [5, 5.41) is 5.98. The van der Waals surface area contributed by atoms with Gasteiger partial charge < -0.3 is 10.6 Å². The van der Waals surface area contributed by atoms with E-state index < -0.39 is 0 Å². The first kappa shape index (κ1) is 15.1. The molecule has 1 aromatic carbocycles. The summed E-state index contributed by atoms with van der Waals surface area (Å²) in [6, 6.07) is 8.33. The Morgan fingerprint density at radius 3 is 2.56 bits per heavy atom. The van der Waals surface area contributed by atoms with Crippen LogP contribution in [0.15, 0.2) is 29.2 Å². The Morgan fingerprint density at radius 2 is 2.00 bits per heavy atom. The zero-order valence-corrected chi connectivity index (χ0v) is 12.1. The van der Waals surface area contributed by atoms with Crippen LogP contribution in [0.1, 0.15) is 25.8 Å². The third-order valence-electron chi connectivity index (χ3n) is 2.54. The molecule has 1 aromatic rings. The molecule has 0 saturated carbocycles. The molecular weight excluding hydrogens is 244 g/mol. The molecule has 0 aliphatic heterocycles. The lowest BCUT2D eigenvalue weighted by Gasteiger charge is -2.11. The molecule has 0 radical (unpaired) electrons. The van der Waals surface area contributed by atoms with E-state index in [0.717, 1.165) is 24.4 Å². The van der Waals surface area contributed by atoms with Gasteiger partial charge in [-0.2, -0.15) is 0 Å². The summed E-state index contributed by atoms with van der Waals surface area (Å²) in [7, 11) is 1.93. The average molecular weight is 266 g/mol. The van der Waals surface area contributed by atoms with Crippen molar-refractivity contribution in [3.05, 3.63) is 29.8 Å². The van der Waals surface area contributed by atoms with Crippen LogP contribution < -0.4 is 10.6 Å². The van der Waals surface area contributed by atoms with Crippen molar-refractivity contribution in [1.82, 2.24) is 10.6 Å². The number of rotatable bonds is 7. The van der Waals surface area contributed by atoms with Crippen molar-refractivity contribution < 1.29 is 4.79 Å². The minimum absolute atomic E-state index is 0.0494. The van der Waals surface area contributed by atoms with Crippen LogP contribution in [0.5, 0.6) is 0 Å². The maximum atomic E-state index is 11.7. The van der Waals surface area contributed by atoms with E-state index >= 15 is 0 Å². The van der Waals surface area contributed by atoms with Crippen LogP contribution in [0.25, 0.3) is 0 Å². The maximum Gasteiger partial charge on any atom is 0.233 e. The van der Waals surface area contributed by atoms with Gasteiger partial charge in [0.05, 0.1) is 5.25 Å². The van der Waals surface area contributed by atoms with Crippen molar-refractivity contribution in [1.29, 1.82) is 0 Å². The van der Waals surface area contributed by atoms with Crippen LogP contribution in [0.2, 0.25) is 0 Å². The van der Waals surface area contributed by atoms with E-state index in [0.29, 0.717) is 0 Å². The molecule has 0 spiro atoms. The highest BCUT2D eigenvalue weighted by molar-refractivity contribution is 8.00. The number of carbonyl (C=O) groups is 1. The van der Waals surface area contributed by atoms with Crippen molar-refractivity contribution in [3.63, 3.8) is 0 Å². The van der Waals surface area contributed by atoms with Crippen molar-refractivity contribution in [2.24, 2.45) is 0 Å². The molecule has 2 N–H and O–H groups in total. The molecule has 100 valence electrons. The minimum Gasteiger partial charge on any atom is -0.355 e. The smallest absolute Gasteiger partial charge is 0.233 e. The Hall–Kier alpha value is -1.00. The van der Waals surface area contributed by atoms with Crippen molar-refractivity contribution in [3.8, 4) is 0 Å². The largest absolute Gasteiger partial charge is 0.355 e. The van der Waals surface area contributed by atoms with E-state index in [1.165, 1.54) is 5.56 Å². The van der Waals surface area contributed by atoms with Gasteiger partial charge in [0.2, 0.25) is 5.91 Å². The van der Waals surface area contributed by atoms with Crippen LogP contribution in [0.4, 0.5) is 0 Å². The van der Waals surface area contributed by atoms with E-state index in [1.54, 1.807) is 11.8 Å². The van der Waals surface area contributed by atoms with Crippen LogP contribution in [-0.4, -0.2) is 24.7 Å². The van der Waals surface area contributed by atoms with Gasteiger partial charge in [-0.05, 0) is 38.1 Å². The number of benzene rings is 1. The number of nitrogens with one attached hydrogen (secondary N) is 2. The van der Waals surface area contributed by atoms with Crippen LogP contribution >= 0.6 is 11.8 Å². The first-order chi connectivity index (χ1) is 8.67. The van der Waals surface area contributed by atoms with E-state index in [-0.39, 0.29) is 11.2 Å². The van der Waals surface area contributed by atoms with Gasteiger partial charge in [-0.15, -0.1) is 11.8 Å². The third-order valence-corrected chi connectivity index (χ3v) is 3.65. The molecule has 0 fully saturated rings. The Labute approximate surface area is 114 Å². The zero-order valence-electron chi connectivity index (χ0n) is 11.3. The second-order valence-corrected chi connectivity index (χ2v) is 5.64. The number of hydrogen-bond donors (Lipinski definition) is 2. The topological polar surface area (TPSA) is 41.1 Å². The van der Waals surface area contributed by atoms with Crippen molar-refractivity contribution in [2.45, 2.75) is 37.0 Å². The number of thioether (sulfide) groups is 1. The summed E-state index contributed by atoms with van der Waals surface area (Å²) in [4.78, 5) is 12.9. The van der Waals surface area contributed by atoms with Gasteiger partial charge in [-0.1, -0.05) is 19.1 Å². The van der Waals surface area contributed by atoms with Crippen molar-refractivity contribution >= 4 is 17.7 Å². The molecule has 0 aromatic heterocycles. The highest BCUT2D eigenvalue weighted by Crippen LogP contribution is 2.23. The molecule has 1 rings (SSSR count). The second-order valence-electron chi connectivity index (χ2n) is 4.23. The van der Waals surface area contributed by atoms with Gasteiger partial charge in [0.1, 0.15) is 0 Å². The lowest BCUT2D eigenvalue weighted by molar-refractivity contribution is -0.120. The Bertz CT molecular complexity index is 365. The normalized spacial score (nSPS) is 12.2. The molecule has 0 aliphatic carbocycles. The van der Waals surface area contributed by atoms with Gasteiger partial charge in [-0.25, -0.2) is 0 Å². The number of hydrogen-bond acceptors (Lipinski definition) is 3. The zero-order chi connectivity index (χ0) is 13.4. The Morgan fingerprint density at radius 1 is 1.33 bits per heavy atom. The van der Waals surface area contributed by atoms with Gasteiger partial charge in [-0.3, -0.25) is 4.79 Å². The predicted octanol–water partition coefficient (Wildman–Crippen LogP) is 2.41. The van der Waals surface area contributed by atoms with Crippen LogP contribution in [0, 0.1) is 0 Å². The predicted molar refractivity (Wildman–Crippen MR) is 77.8 cm³/mol. The summed E-state index contributed by atoms with van der Waals surface area (Å²) >= 11 is 1.60. The average Bonchev–Trinajstić information content (AvgIpc) is 2.38. The fourth-order valence-electron chi connectivity index (χ4n) is 1.54. The van der Waals surface area contributed by atoms with Gasteiger partial charge in [0.25, 0.3) is 0 Å². The molecule has 1 atom stereocenters. The van der Waals surface area contributed by atoms with Crippen LogP contribution in [-0.2, 0) is 11.3 Å². The van der Waals surface area contributed by atoms with E-state index in [2.05, 4.69) is 41.8 Å². The lowest BCUT2D eigenvalue weighted by Crippen LogP contribution is -2.31. The Balaban J connectivity index is 2.48. The van der Waals surface area contributed by atoms with E-state index in [4.69, 9.17) is 0 Å². The van der Waals surface area contributed by atoms with Gasteiger partial charge in [0.15, 0.2) is 0 Å². The monoisotopic (exact) mass is 266 g/mol. The molecule has 0 aliphatic rings. The second kappa shape index (κ2) is 8.16. The first-order valence-corrected chi connectivity index (χ1v) is 7.23. The minimum atomic E-state index is -0.0494. The summed E-state index contributed by atoms with van der Waals surface area (Å²) < 4.78 is 0. The molecule has 0 heterocycles. The molecular formula is C14H22N2OS. The molecule has 0 bridgehead atoms. The maximum absolute atomic E-state index is 11.7. The van der Waals surface area contributed by atoms with E-state index in [1.807, 2.05) is 14.0 Å². The SMILES string of the molecule is CCCNC(=O)C(C)Sc1ccc(CNC)cc1. The third kappa shape index (κ3) is 5.10. The highest BCUT2D eigenvalue weighted by Gasteiger charge is 2.13. The Kier molecular flexibility index (Phi) is 6.83. The first-order valence-electron chi connectivity index (χ1n) is 6.35. The summed E-state index contributed by atoms with van der Waals surface area (Å²) in [6.45, 7) is 5.62. The fraction of sp³-hybridized carbons (Fsp3) is 0.500. The molecule has 1 amide bonds. The van der Waals surface area contributed by atoms with Crippen molar-refractivity contribution in [2.75, 3.05) is 13.6 Å². The molecule has 4 heteroatoms. The summed E-state index contributed by atoms with van der Waals surface area (Å²) in [5.41, 5.74) is 1.25. The molecule has 0 saturated heterocycles. The molecule has 1 unspecified atom stereocenters. The molecule has 18 heavy (non-hydrogen) atoms. The summed E-state index contributed by atoms with van der Waals surface area (Å²) in [5.74, 6) is 0.112. The number of amides is 1. The molecule has 3 nitrogen and oxygen atoms in total. The fourth-order valence-corrected chi connectivity index (χ4v) is 2.43. The van der Waals surface area contributed by atoms with Crippen LogP contribution in [0.3, 0.4) is 0 Å². The quantitative estimate of drug-likeness (QED) is 0.745. The highest BCUT2D eigenvalue weighted by atomic mass is 32.2. The van der Waals surface area contributed by atoms with Gasteiger partial charge >= 0.3 is 0 Å². The lowest BCUT2D eigenvalue weighted by atomic mass is 10.2. The van der Waals surface area contributed by atoms with Gasteiger partial charge in [0, 0.05) is 18.0 Å². The number of carbonyl (C=O) groups excluding carboxylic acids is 1. The van der Waals surface area contributed by atoms with E-state index in [9.17, 15) is 4.79 Å². The standard InChI is InChI=1S/C14H22N2OS/c1-4-9-16-14(17)11(2)18-13-7-5-12(6-8-13)10-15-3/h5-8,11,15H,4,9-10H2,1-3H3,(H,16,17). The summed E-state index contributed by atoms with van der Waals surface area (Å²) in [6.07, 6.45) is 0.974.